The Morgan fingerprint density at radius 2 is 2.27 bits per heavy atom. The summed E-state index contributed by atoms with van der Waals surface area (Å²) in [5.41, 5.74) is 1.11. The van der Waals surface area contributed by atoms with Crippen molar-refractivity contribution < 1.29 is 5.11 Å². The molecular weight excluding hydrogens is 282 g/mol. The summed E-state index contributed by atoms with van der Waals surface area (Å²) in [6.07, 6.45) is 7.70. The van der Waals surface area contributed by atoms with Gasteiger partial charge in [-0.15, -0.1) is 5.10 Å². The van der Waals surface area contributed by atoms with E-state index in [0.29, 0.717) is 19.5 Å². The zero-order valence-electron chi connectivity index (χ0n) is 12.3. The molecule has 8 nitrogen and oxygen atoms in total. The van der Waals surface area contributed by atoms with Crippen molar-refractivity contribution in [3.63, 3.8) is 0 Å². The number of pyridine rings is 1. The second-order valence-corrected chi connectivity index (χ2v) is 5.83. The topological polar surface area (TPSA) is 84.9 Å². The van der Waals surface area contributed by atoms with E-state index in [1.165, 1.54) is 0 Å². The van der Waals surface area contributed by atoms with Crippen LogP contribution in [0.5, 0.6) is 0 Å². The van der Waals surface area contributed by atoms with Gasteiger partial charge in [-0.2, -0.15) is 5.10 Å². The smallest absolute Gasteiger partial charge is 0.159 e. The van der Waals surface area contributed by atoms with Gasteiger partial charge < -0.3 is 10.0 Å². The summed E-state index contributed by atoms with van der Waals surface area (Å²) >= 11 is 0. The molecular formula is C14H17N7O. The van der Waals surface area contributed by atoms with Crippen LogP contribution in [0, 0.1) is 0 Å². The summed E-state index contributed by atoms with van der Waals surface area (Å²) in [6.45, 7) is 1.80. The molecule has 3 aromatic rings. The van der Waals surface area contributed by atoms with Crippen molar-refractivity contribution in [3.8, 4) is 0 Å². The Hall–Kier alpha value is -2.48. The molecule has 0 aliphatic carbocycles. The molecule has 1 aliphatic rings. The molecule has 1 atom stereocenters. The van der Waals surface area contributed by atoms with Crippen molar-refractivity contribution >= 4 is 16.7 Å². The van der Waals surface area contributed by atoms with Crippen LogP contribution >= 0.6 is 0 Å². The van der Waals surface area contributed by atoms with E-state index in [0.717, 1.165) is 23.3 Å². The fourth-order valence-corrected chi connectivity index (χ4v) is 3.12. The largest absolute Gasteiger partial charge is 0.386 e. The Balaban J connectivity index is 1.61. The average Bonchev–Trinajstić information content (AvgIpc) is 3.21. The quantitative estimate of drug-likeness (QED) is 0.744. The van der Waals surface area contributed by atoms with Crippen molar-refractivity contribution in [2.24, 2.45) is 7.05 Å². The van der Waals surface area contributed by atoms with Crippen LogP contribution in [0.1, 0.15) is 6.42 Å². The van der Waals surface area contributed by atoms with Crippen LogP contribution < -0.4 is 4.90 Å². The van der Waals surface area contributed by atoms with Gasteiger partial charge in [0.25, 0.3) is 0 Å². The highest BCUT2D eigenvalue weighted by Gasteiger charge is 2.37. The van der Waals surface area contributed by atoms with Gasteiger partial charge in [0, 0.05) is 32.5 Å². The maximum absolute atomic E-state index is 10.8. The second kappa shape index (κ2) is 4.77. The Bertz CT molecular complexity index is 797. The van der Waals surface area contributed by atoms with Crippen molar-refractivity contribution in [1.82, 2.24) is 29.8 Å². The number of rotatable bonds is 3. The molecule has 0 bridgehead atoms. The molecule has 1 unspecified atom stereocenters. The molecule has 1 saturated heterocycles. The summed E-state index contributed by atoms with van der Waals surface area (Å²) in [6, 6.07) is 1.98. The number of β-amino-alcohol motifs (C(OH)–C–C–N with tert-alkyl or cyclic N) is 1. The summed E-state index contributed by atoms with van der Waals surface area (Å²) < 4.78 is 3.44. The summed E-state index contributed by atoms with van der Waals surface area (Å²) in [4.78, 5) is 6.54. The molecule has 8 heteroatoms. The van der Waals surface area contributed by atoms with Crippen molar-refractivity contribution in [2.75, 3.05) is 18.0 Å². The standard InChI is InChI=1S/C14H17N7O/c1-19-13-11(8-17-19)12(2-4-15-13)20-6-3-14(22,9-20)10-21-7-5-16-18-21/h2,4-5,7-8,22H,3,6,9-10H2,1H3. The molecule has 1 fully saturated rings. The highest BCUT2D eigenvalue weighted by molar-refractivity contribution is 5.89. The Labute approximate surface area is 127 Å². The van der Waals surface area contributed by atoms with Crippen molar-refractivity contribution in [2.45, 2.75) is 18.6 Å². The fraction of sp³-hybridized carbons (Fsp3) is 0.429. The van der Waals surface area contributed by atoms with Gasteiger partial charge in [-0.3, -0.25) is 4.68 Å². The first-order chi connectivity index (χ1) is 10.6. The Morgan fingerprint density at radius 1 is 1.36 bits per heavy atom. The van der Waals surface area contributed by atoms with E-state index in [4.69, 9.17) is 0 Å². The first-order valence-corrected chi connectivity index (χ1v) is 7.23. The second-order valence-electron chi connectivity index (χ2n) is 5.83. The molecule has 1 N–H and O–H groups in total. The van der Waals surface area contributed by atoms with Crippen LogP contribution in [0.2, 0.25) is 0 Å². The Kier molecular flexibility index (Phi) is 2.86. The maximum atomic E-state index is 10.8. The van der Waals surface area contributed by atoms with E-state index < -0.39 is 5.60 Å². The van der Waals surface area contributed by atoms with E-state index in [1.54, 1.807) is 28.0 Å². The van der Waals surface area contributed by atoms with Gasteiger partial charge in [0.1, 0.15) is 5.60 Å². The molecule has 0 radical (unpaired) electrons. The van der Waals surface area contributed by atoms with Gasteiger partial charge in [0.2, 0.25) is 0 Å². The SMILES string of the molecule is Cn1ncc2c(N3CCC(O)(Cn4ccnn4)C3)ccnc21. The minimum Gasteiger partial charge on any atom is -0.386 e. The molecule has 0 spiro atoms. The summed E-state index contributed by atoms with van der Waals surface area (Å²) in [7, 11) is 1.88. The molecule has 0 saturated carbocycles. The van der Waals surface area contributed by atoms with Crippen LogP contribution in [0.3, 0.4) is 0 Å². The molecule has 0 amide bonds. The lowest BCUT2D eigenvalue weighted by molar-refractivity contribution is 0.0409. The summed E-state index contributed by atoms with van der Waals surface area (Å²) in [5.74, 6) is 0. The van der Waals surface area contributed by atoms with Gasteiger partial charge >= 0.3 is 0 Å². The third kappa shape index (κ3) is 2.12. The number of hydrogen-bond donors (Lipinski definition) is 1. The zero-order chi connectivity index (χ0) is 15.2. The van der Waals surface area contributed by atoms with E-state index in [-0.39, 0.29) is 0 Å². The Morgan fingerprint density at radius 3 is 3.09 bits per heavy atom. The number of fused-ring (bicyclic) bond motifs is 1. The van der Waals surface area contributed by atoms with Crippen LogP contribution in [0.25, 0.3) is 11.0 Å². The van der Waals surface area contributed by atoms with E-state index in [1.807, 2.05) is 19.3 Å². The predicted molar refractivity (Wildman–Crippen MR) is 80.3 cm³/mol. The monoisotopic (exact) mass is 299 g/mol. The van der Waals surface area contributed by atoms with E-state index >= 15 is 0 Å². The molecule has 22 heavy (non-hydrogen) atoms. The minimum atomic E-state index is -0.800. The number of nitrogens with zero attached hydrogens (tertiary/aromatic N) is 7. The van der Waals surface area contributed by atoms with E-state index in [9.17, 15) is 5.11 Å². The van der Waals surface area contributed by atoms with Crippen LogP contribution in [-0.4, -0.2) is 53.6 Å². The highest BCUT2D eigenvalue weighted by Crippen LogP contribution is 2.32. The molecule has 1 aliphatic heterocycles. The highest BCUT2D eigenvalue weighted by atomic mass is 16.3. The number of hydrogen-bond acceptors (Lipinski definition) is 6. The number of aliphatic hydroxyl groups is 1. The predicted octanol–water partition coefficient (Wildman–Crippen LogP) is 0.201. The molecule has 0 aromatic carbocycles. The van der Waals surface area contributed by atoms with Gasteiger partial charge in [-0.25, -0.2) is 9.67 Å². The third-order valence-corrected chi connectivity index (χ3v) is 4.21. The summed E-state index contributed by atoms with van der Waals surface area (Å²) in [5, 5.41) is 23.8. The van der Waals surface area contributed by atoms with Gasteiger partial charge in [0.05, 0.1) is 30.0 Å². The van der Waals surface area contributed by atoms with Gasteiger partial charge in [-0.1, -0.05) is 5.21 Å². The normalized spacial score (nSPS) is 21.8. The zero-order valence-corrected chi connectivity index (χ0v) is 12.3. The van der Waals surface area contributed by atoms with E-state index in [2.05, 4.69) is 25.3 Å². The maximum Gasteiger partial charge on any atom is 0.159 e. The molecule has 4 heterocycles. The molecule has 4 rings (SSSR count). The fourth-order valence-electron chi connectivity index (χ4n) is 3.12. The molecule has 114 valence electrons. The van der Waals surface area contributed by atoms with Crippen LogP contribution in [0.4, 0.5) is 5.69 Å². The lowest BCUT2D eigenvalue weighted by atomic mass is 10.0. The first-order valence-electron chi connectivity index (χ1n) is 7.23. The van der Waals surface area contributed by atoms with Crippen molar-refractivity contribution in [1.29, 1.82) is 0 Å². The molecule has 3 aromatic heterocycles. The van der Waals surface area contributed by atoms with Crippen LogP contribution in [0.15, 0.2) is 30.9 Å². The van der Waals surface area contributed by atoms with Crippen molar-refractivity contribution in [3.05, 3.63) is 30.9 Å². The number of aromatic nitrogens is 6. The van der Waals surface area contributed by atoms with Crippen LogP contribution in [-0.2, 0) is 13.6 Å². The minimum absolute atomic E-state index is 0.449. The third-order valence-electron chi connectivity index (χ3n) is 4.21. The van der Waals surface area contributed by atoms with Gasteiger partial charge in [0.15, 0.2) is 5.65 Å². The first kappa shape index (κ1) is 13.2. The number of anilines is 1. The number of aryl methyl sites for hydroxylation is 1. The lowest BCUT2D eigenvalue weighted by Crippen LogP contribution is -2.37. The van der Waals surface area contributed by atoms with Gasteiger partial charge in [-0.05, 0) is 12.5 Å². The lowest BCUT2D eigenvalue weighted by Gasteiger charge is -2.24. The average molecular weight is 299 g/mol.